The summed E-state index contributed by atoms with van der Waals surface area (Å²) in [5, 5.41) is 8.94. The molecule has 1 fully saturated rings. The molecular formula is C11H15FN2O3. The molecule has 2 rings (SSSR count). The Hall–Kier alpha value is -1.43. The van der Waals surface area contributed by atoms with E-state index in [-0.39, 0.29) is 18.9 Å². The van der Waals surface area contributed by atoms with Crippen molar-refractivity contribution < 1.29 is 9.50 Å². The molecule has 0 saturated heterocycles. The fraction of sp³-hybridized carbons (Fsp3) is 0.636. The third-order valence-corrected chi connectivity index (χ3v) is 3.35. The Morgan fingerprint density at radius 3 is 2.94 bits per heavy atom. The SMILES string of the molecule is Cc1cn(C2CCC(F)(CO)C2)c(=O)[nH]c1=O. The predicted molar refractivity (Wildman–Crippen MR) is 59.9 cm³/mol. The van der Waals surface area contributed by atoms with Crippen molar-refractivity contribution in [3.8, 4) is 0 Å². The van der Waals surface area contributed by atoms with E-state index >= 15 is 0 Å². The van der Waals surface area contributed by atoms with E-state index < -0.39 is 23.5 Å². The smallest absolute Gasteiger partial charge is 0.328 e. The molecule has 0 amide bonds. The van der Waals surface area contributed by atoms with Gasteiger partial charge in [-0.3, -0.25) is 14.3 Å². The normalized spacial score (nSPS) is 28.5. The van der Waals surface area contributed by atoms with Crippen LogP contribution in [-0.2, 0) is 0 Å². The van der Waals surface area contributed by atoms with Crippen molar-refractivity contribution in [3.63, 3.8) is 0 Å². The highest BCUT2D eigenvalue weighted by molar-refractivity contribution is 5.03. The monoisotopic (exact) mass is 242 g/mol. The number of aromatic nitrogens is 2. The van der Waals surface area contributed by atoms with Crippen molar-refractivity contribution in [1.29, 1.82) is 0 Å². The lowest BCUT2D eigenvalue weighted by atomic mass is 10.1. The fourth-order valence-electron chi connectivity index (χ4n) is 2.29. The number of aromatic amines is 1. The molecule has 2 N–H and O–H groups in total. The number of aliphatic hydroxyl groups excluding tert-OH is 1. The van der Waals surface area contributed by atoms with E-state index in [0.717, 1.165) is 0 Å². The minimum absolute atomic E-state index is 0.106. The summed E-state index contributed by atoms with van der Waals surface area (Å²) in [6.45, 7) is 1.07. The molecule has 0 aliphatic heterocycles. The van der Waals surface area contributed by atoms with Crippen LogP contribution in [0.15, 0.2) is 15.8 Å². The van der Waals surface area contributed by atoms with Gasteiger partial charge < -0.3 is 5.11 Å². The highest BCUT2D eigenvalue weighted by atomic mass is 19.1. The Balaban J connectivity index is 2.34. The first-order valence-electron chi connectivity index (χ1n) is 5.57. The van der Waals surface area contributed by atoms with Crippen LogP contribution in [0.4, 0.5) is 4.39 Å². The van der Waals surface area contributed by atoms with Crippen LogP contribution in [0.2, 0.25) is 0 Å². The first kappa shape index (κ1) is 12.0. The second-order valence-corrected chi connectivity index (χ2v) is 4.68. The number of hydrogen-bond acceptors (Lipinski definition) is 3. The zero-order chi connectivity index (χ0) is 12.6. The molecule has 5 nitrogen and oxygen atoms in total. The summed E-state index contributed by atoms with van der Waals surface area (Å²) in [7, 11) is 0. The topological polar surface area (TPSA) is 75.1 Å². The van der Waals surface area contributed by atoms with Crippen molar-refractivity contribution in [2.45, 2.75) is 37.9 Å². The zero-order valence-electron chi connectivity index (χ0n) is 9.57. The van der Waals surface area contributed by atoms with Crippen LogP contribution in [-0.4, -0.2) is 26.9 Å². The van der Waals surface area contributed by atoms with Crippen molar-refractivity contribution in [3.05, 3.63) is 32.6 Å². The number of aryl methyl sites for hydroxylation is 1. The van der Waals surface area contributed by atoms with Gasteiger partial charge in [0.15, 0.2) is 0 Å². The lowest BCUT2D eigenvalue weighted by Crippen LogP contribution is -2.33. The van der Waals surface area contributed by atoms with E-state index in [1.165, 1.54) is 10.8 Å². The van der Waals surface area contributed by atoms with Gasteiger partial charge in [-0.2, -0.15) is 0 Å². The van der Waals surface area contributed by atoms with Gasteiger partial charge in [-0.1, -0.05) is 0 Å². The number of nitrogens with one attached hydrogen (secondary N) is 1. The zero-order valence-corrected chi connectivity index (χ0v) is 9.57. The Morgan fingerprint density at radius 2 is 2.35 bits per heavy atom. The van der Waals surface area contributed by atoms with E-state index in [1.807, 2.05) is 0 Å². The molecule has 94 valence electrons. The van der Waals surface area contributed by atoms with Crippen LogP contribution in [0.3, 0.4) is 0 Å². The highest BCUT2D eigenvalue weighted by Crippen LogP contribution is 2.39. The second kappa shape index (κ2) is 4.10. The Bertz CT molecular complexity index is 536. The summed E-state index contributed by atoms with van der Waals surface area (Å²) < 4.78 is 15.2. The maximum Gasteiger partial charge on any atom is 0.328 e. The maximum atomic E-state index is 13.9. The van der Waals surface area contributed by atoms with Gasteiger partial charge in [-0.15, -0.1) is 0 Å². The van der Waals surface area contributed by atoms with E-state index in [1.54, 1.807) is 6.92 Å². The molecule has 1 aromatic rings. The average molecular weight is 242 g/mol. The summed E-state index contributed by atoms with van der Waals surface area (Å²) >= 11 is 0. The van der Waals surface area contributed by atoms with E-state index in [4.69, 9.17) is 5.11 Å². The lowest BCUT2D eigenvalue weighted by molar-refractivity contribution is 0.0737. The number of nitrogens with zero attached hydrogens (tertiary/aromatic N) is 1. The summed E-state index contributed by atoms with van der Waals surface area (Å²) in [6, 6.07) is -0.296. The van der Waals surface area contributed by atoms with Gasteiger partial charge in [0, 0.05) is 24.2 Å². The number of alkyl halides is 1. The molecule has 1 heterocycles. The molecule has 0 radical (unpaired) electrons. The quantitative estimate of drug-likeness (QED) is 0.781. The van der Waals surface area contributed by atoms with Gasteiger partial charge in [0.1, 0.15) is 5.67 Å². The van der Waals surface area contributed by atoms with E-state index in [9.17, 15) is 14.0 Å². The number of rotatable bonds is 2. The van der Waals surface area contributed by atoms with Crippen molar-refractivity contribution >= 4 is 0 Å². The second-order valence-electron chi connectivity index (χ2n) is 4.68. The molecule has 2 atom stereocenters. The van der Waals surface area contributed by atoms with Crippen molar-refractivity contribution in [2.24, 2.45) is 0 Å². The van der Waals surface area contributed by atoms with Gasteiger partial charge in [0.25, 0.3) is 5.56 Å². The third kappa shape index (κ3) is 2.17. The summed E-state index contributed by atoms with van der Waals surface area (Å²) in [6.07, 6.45) is 2.28. The Morgan fingerprint density at radius 1 is 1.65 bits per heavy atom. The van der Waals surface area contributed by atoms with Crippen LogP contribution >= 0.6 is 0 Å². The highest BCUT2D eigenvalue weighted by Gasteiger charge is 2.40. The standard InChI is InChI=1S/C11H15FN2O3/c1-7-5-14(10(17)13-9(7)16)8-2-3-11(12,4-8)6-15/h5,8,15H,2-4,6H2,1H3,(H,13,16,17). The molecule has 0 spiro atoms. The molecule has 1 aliphatic rings. The molecule has 1 saturated carbocycles. The van der Waals surface area contributed by atoms with Crippen LogP contribution in [0.25, 0.3) is 0 Å². The first-order valence-corrected chi connectivity index (χ1v) is 5.57. The first-order chi connectivity index (χ1) is 7.95. The number of aliphatic hydroxyl groups is 1. The molecule has 0 bridgehead atoms. The number of halogens is 1. The summed E-state index contributed by atoms with van der Waals surface area (Å²) in [5.41, 5.74) is -2.12. The largest absolute Gasteiger partial charge is 0.393 e. The molecular weight excluding hydrogens is 227 g/mol. The molecule has 17 heavy (non-hydrogen) atoms. The van der Waals surface area contributed by atoms with Crippen LogP contribution in [0.5, 0.6) is 0 Å². The molecule has 6 heteroatoms. The van der Waals surface area contributed by atoms with Crippen LogP contribution < -0.4 is 11.2 Å². The molecule has 2 unspecified atom stereocenters. The van der Waals surface area contributed by atoms with Crippen LogP contribution in [0.1, 0.15) is 30.9 Å². The van der Waals surface area contributed by atoms with Gasteiger partial charge in [0.05, 0.1) is 6.61 Å². The van der Waals surface area contributed by atoms with Gasteiger partial charge in [0.2, 0.25) is 0 Å². The summed E-state index contributed by atoms with van der Waals surface area (Å²) in [4.78, 5) is 25.0. The van der Waals surface area contributed by atoms with Gasteiger partial charge >= 0.3 is 5.69 Å². The maximum absolute atomic E-state index is 13.9. The predicted octanol–water partition coefficient (Wildman–Crippen LogP) is 0.271. The number of hydrogen-bond donors (Lipinski definition) is 2. The van der Waals surface area contributed by atoms with E-state index in [0.29, 0.717) is 12.0 Å². The number of H-pyrrole nitrogens is 1. The lowest BCUT2D eigenvalue weighted by Gasteiger charge is -2.17. The van der Waals surface area contributed by atoms with Gasteiger partial charge in [-0.05, 0) is 19.8 Å². The molecule has 0 aromatic carbocycles. The van der Waals surface area contributed by atoms with Gasteiger partial charge in [-0.25, -0.2) is 9.18 Å². The average Bonchev–Trinajstić information content (AvgIpc) is 2.67. The van der Waals surface area contributed by atoms with Crippen molar-refractivity contribution in [1.82, 2.24) is 9.55 Å². The minimum Gasteiger partial charge on any atom is -0.393 e. The molecule has 1 aliphatic carbocycles. The fourth-order valence-corrected chi connectivity index (χ4v) is 2.29. The Labute approximate surface area is 96.9 Å². The third-order valence-electron chi connectivity index (χ3n) is 3.35. The van der Waals surface area contributed by atoms with Crippen LogP contribution in [0, 0.1) is 6.92 Å². The molecule has 1 aromatic heterocycles. The Kier molecular flexibility index (Phi) is 2.91. The minimum atomic E-state index is -1.60. The summed E-state index contributed by atoms with van der Waals surface area (Å²) in [5.74, 6) is 0. The van der Waals surface area contributed by atoms with Crippen molar-refractivity contribution in [2.75, 3.05) is 6.61 Å². The van der Waals surface area contributed by atoms with E-state index in [2.05, 4.69) is 4.98 Å².